The number of hydrogen-bond donors (Lipinski definition) is 2. The first-order valence-electron chi connectivity index (χ1n) is 10.3. The SMILES string of the molecule is CC1=CN(C)C(=O)C(N(C(=O)NCCC(=O)O)c2cccc(Cc3ccc(Cl)cc3)c2)C1=O. The molecule has 1 unspecified atom stereocenters. The van der Waals surface area contributed by atoms with Crippen molar-refractivity contribution in [2.75, 3.05) is 18.5 Å². The molecule has 2 N–H and O–H groups in total. The molecule has 3 amide bonds. The summed E-state index contributed by atoms with van der Waals surface area (Å²) in [5.74, 6) is -2.12. The molecule has 9 heteroatoms. The number of rotatable bonds is 7. The molecule has 0 bridgehead atoms. The van der Waals surface area contributed by atoms with E-state index in [9.17, 15) is 19.2 Å². The lowest BCUT2D eigenvalue weighted by Crippen LogP contribution is -2.58. The van der Waals surface area contributed by atoms with Gasteiger partial charge in [-0.2, -0.15) is 0 Å². The van der Waals surface area contributed by atoms with Crippen molar-refractivity contribution >= 4 is 41.0 Å². The normalized spacial score (nSPS) is 15.8. The van der Waals surface area contributed by atoms with Gasteiger partial charge in [-0.05, 0) is 48.7 Å². The van der Waals surface area contributed by atoms with E-state index in [0.717, 1.165) is 16.0 Å². The number of carbonyl (C=O) groups excluding carboxylic acids is 3. The zero-order chi connectivity index (χ0) is 24.1. The number of nitrogens with one attached hydrogen (secondary N) is 1. The quantitative estimate of drug-likeness (QED) is 0.605. The van der Waals surface area contributed by atoms with Gasteiger partial charge in [0.25, 0.3) is 5.91 Å². The van der Waals surface area contributed by atoms with Crippen molar-refractivity contribution in [3.63, 3.8) is 0 Å². The van der Waals surface area contributed by atoms with Gasteiger partial charge < -0.3 is 15.3 Å². The summed E-state index contributed by atoms with van der Waals surface area (Å²) < 4.78 is 0. The summed E-state index contributed by atoms with van der Waals surface area (Å²) in [5, 5.41) is 12.0. The summed E-state index contributed by atoms with van der Waals surface area (Å²) >= 11 is 5.95. The number of carboxylic acids is 1. The number of halogens is 1. The molecule has 1 aliphatic rings. The van der Waals surface area contributed by atoms with Crippen LogP contribution in [0, 0.1) is 0 Å². The van der Waals surface area contributed by atoms with Crippen LogP contribution in [0.25, 0.3) is 0 Å². The lowest BCUT2D eigenvalue weighted by molar-refractivity contribution is -0.137. The number of amides is 3. The Kier molecular flexibility index (Phi) is 7.50. The highest BCUT2D eigenvalue weighted by molar-refractivity contribution is 6.30. The Morgan fingerprint density at radius 3 is 2.48 bits per heavy atom. The van der Waals surface area contributed by atoms with Crippen LogP contribution in [0.4, 0.5) is 10.5 Å². The monoisotopic (exact) mass is 469 g/mol. The van der Waals surface area contributed by atoms with Crippen LogP contribution in [0.3, 0.4) is 0 Å². The third-order valence-electron chi connectivity index (χ3n) is 5.21. The van der Waals surface area contributed by atoms with Gasteiger partial charge in [0.05, 0.1) is 6.42 Å². The fraction of sp³-hybridized carbons (Fsp3) is 0.250. The minimum absolute atomic E-state index is 0.144. The zero-order valence-corrected chi connectivity index (χ0v) is 19.0. The molecule has 1 atom stereocenters. The Bertz CT molecular complexity index is 1110. The summed E-state index contributed by atoms with van der Waals surface area (Å²) in [7, 11) is 1.52. The van der Waals surface area contributed by atoms with Crippen molar-refractivity contribution in [2.24, 2.45) is 0 Å². The van der Waals surface area contributed by atoms with E-state index < -0.39 is 29.7 Å². The van der Waals surface area contributed by atoms with Crippen LogP contribution < -0.4 is 10.2 Å². The lowest BCUT2D eigenvalue weighted by atomic mass is 9.98. The van der Waals surface area contributed by atoms with E-state index in [2.05, 4.69) is 5.32 Å². The molecule has 0 fully saturated rings. The van der Waals surface area contributed by atoms with Crippen LogP contribution >= 0.6 is 11.6 Å². The molecule has 0 spiro atoms. The second-order valence-corrected chi connectivity index (χ2v) is 8.18. The molecule has 2 aromatic carbocycles. The first-order chi connectivity index (χ1) is 15.7. The Balaban J connectivity index is 1.96. The number of nitrogens with zero attached hydrogens (tertiary/aromatic N) is 2. The fourth-order valence-corrected chi connectivity index (χ4v) is 3.69. The van der Waals surface area contributed by atoms with Crippen LogP contribution in [-0.4, -0.2) is 53.3 Å². The van der Waals surface area contributed by atoms with Crippen molar-refractivity contribution < 1.29 is 24.3 Å². The standard InChI is InChI=1S/C24H24ClN3O5/c1-15-14-27(2)23(32)21(22(15)31)28(24(33)26-11-10-20(29)30)19-5-3-4-17(13-19)12-16-6-8-18(25)9-7-16/h3-9,13-14,21H,10-12H2,1-2H3,(H,26,33)(H,29,30). The number of likely N-dealkylation sites (N-methyl/N-ethyl adjacent to an activating group) is 1. The number of ketones is 1. The molecule has 1 heterocycles. The smallest absolute Gasteiger partial charge is 0.323 e. The highest BCUT2D eigenvalue weighted by Gasteiger charge is 2.41. The van der Waals surface area contributed by atoms with Gasteiger partial charge in [-0.25, -0.2) is 4.79 Å². The average Bonchev–Trinajstić information content (AvgIpc) is 2.76. The van der Waals surface area contributed by atoms with Crippen molar-refractivity contribution in [3.05, 3.63) is 76.5 Å². The highest BCUT2D eigenvalue weighted by atomic mass is 35.5. The lowest BCUT2D eigenvalue weighted by Gasteiger charge is -2.34. The van der Waals surface area contributed by atoms with Crippen LogP contribution in [0.15, 0.2) is 60.3 Å². The van der Waals surface area contributed by atoms with Crippen LogP contribution in [-0.2, 0) is 20.8 Å². The molecule has 2 aromatic rings. The molecule has 33 heavy (non-hydrogen) atoms. The van der Waals surface area contributed by atoms with Gasteiger partial charge in [-0.3, -0.25) is 19.3 Å². The van der Waals surface area contributed by atoms with E-state index in [-0.39, 0.29) is 13.0 Å². The van der Waals surface area contributed by atoms with E-state index >= 15 is 0 Å². The Morgan fingerprint density at radius 1 is 1.12 bits per heavy atom. The summed E-state index contributed by atoms with van der Waals surface area (Å²) in [6, 6.07) is 12.2. The fourth-order valence-electron chi connectivity index (χ4n) is 3.57. The molecule has 0 aromatic heterocycles. The maximum atomic E-state index is 13.1. The molecule has 172 valence electrons. The third-order valence-corrected chi connectivity index (χ3v) is 5.46. The minimum Gasteiger partial charge on any atom is -0.481 e. The third kappa shape index (κ3) is 5.78. The average molecular weight is 470 g/mol. The predicted octanol–water partition coefficient (Wildman–Crippen LogP) is 3.24. The zero-order valence-electron chi connectivity index (χ0n) is 18.2. The van der Waals surface area contributed by atoms with Crippen molar-refractivity contribution in [1.29, 1.82) is 0 Å². The molecule has 0 aliphatic carbocycles. The summed E-state index contributed by atoms with van der Waals surface area (Å²) in [6.07, 6.45) is 1.69. The molecule has 0 saturated carbocycles. The molecular weight excluding hydrogens is 446 g/mol. The summed E-state index contributed by atoms with van der Waals surface area (Å²) in [6.45, 7) is 1.44. The number of hydrogen-bond acceptors (Lipinski definition) is 4. The van der Waals surface area contributed by atoms with E-state index in [1.165, 1.54) is 18.1 Å². The summed E-state index contributed by atoms with van der Waals surface area (Å²) in [4.78, 5) is 52.2. The molecule has 0 radical (unpaired) electrons. The Hall–Kier alpha value is -3.65. The number of benzene rings is 2. The number of urea groups is 1. The Morgan fingerprint density at radius 2 is 1.82 bits per heavy atom. The van der Waals surface area contributed by atoms with Gasteiger partial charge in [-0.1, -0.05) is 35.9 Å². The van der Waals surface area contributed by atoms with E-state index in [1.807, 2.05) is 18.2 Å². The van der Waals surface area contributed by atoms with E-state index in [1.54, 1.807) is 37.3 Å². The van der Waals surface area contributed by atoms with Gasteiger partial charge >= 0.3 is 12.0 Å². The number of Topliss-reactive ketones (excluding diaryl/α,β-unsaturated/α-hetero) is 1. The molecule has 1 aliphatic heterocycles. The number of carbonyl (C=O) groups is 4. The van der Waals surface area contributed by atoms with Crippen molar-refractivity contribution in [1.82, 2.24) is 10.2 Å². The first-order valence-corrected chi connectivity index (χ1v) is 10.7. The first kappa shape index (κ1) is 24.0. The van der Waals surface area contributed by atoms with E-state index in [4.69, 9.17) is 16.7 Å². The van der Waals surface area contributed by atoms with E-state index in [0.29, 0.717) is 22.7 Å². The topological polar surface area (TPSA) is 107 Å². The second kappa shape index (κ2) is 10.3. The van der Waals surface area contributed by atoms with Crippen molar-refractivity contribution in [3.8, 4) is 0 Å². The highest BCUT2D eigenvalue weighted by Crippen LogP contribution is 2.26. The minimum atomic E-state index is -1.39. The van der Waals surface area contributed by atoms with Gasteiger partial charge in [-0.15, -0.1) is 0 Å². The van der Waals surface area contributed by atoms with Gasteiger partial charge in [0, 0.05) is 36.1 Å². The molecule has 0 saturated heterocycles. The molecule has 8 nitrogen and oxygen atoms in total. The van der Waals surface area contributed by atoms with Crippen LogP contribution in [0.2, 0.25) is 5.02 Å². The molecular formula is C24H24ClN3O5. The largest absolute Gasteiger partial charge is 0.481 e. The second-order valence-electron chi connectivity index (χ2n) is 7.75. The summed E-state index contributed by atoms with van der Waals surface area (Å²) in [5.41, 5.74) is 2.54. The van der Waals surface area contributed by atoms with Gasteiger partial charge in [0.2, 0.25) is 0 Å². The predicted molar refractivity (Wildman–Crippen MR) is 124 cm³/mol. The van der Waals surface area contributed by atoms with Crippen molar-refractivity contribution in [2.45, 2.75) is 25.8 Å². The van der Waals surface area contributed by atoms with Crippen LogP contribution in [0.1, 0.15) is 24.5 Å². The molecule has 3 rings (SSSR count). The number of carboxylic acid groups (broad SMARTS) is 1. The number of anilines is 1. The maximum Gasteiger partial charge on any atom is 0.323 e. The maximum absolute atomic E-state index is 13.1. The number of aliphatic carboxylic acids is 1. The van der Waals surface area contributed by atoms with Crippen LogP contribution in [0.5, 0.6) is 0 Å². The van der Waals surface area contributed by atoms with Gasteiger partial charge in [0.1, 0.15) is 0 Å². The Labute approximate surface area is 196 Å². The van der Waals surface area contributed by atoms with Gasteiger partial charge in [0.15, 0.2) is 11.8 Å².